The van der Waals surface area contributed by atoms with Gasteiger partial charge in [-0.25, -0.2) is 0 Å². The Morgan fingerprint density at radius 1 is 1.36 bits per heavy atom. The Hall–Kier alpha value is -1.57. The lowest BCUT2D eigenvalue weighted by Gasteiger charge is -2.24. The third-order valence-corrected chi connectivity index (χ3v) is 2.89. The summed E-state index contributed by atoms with van der Waals surface area (Å²) in [5.74, 6) is 0. The van der Waals surface area contributed by atoms with E-state index in [0.717, 1.165) is 18.3 Å². The minimum absolute atomic E-state index is 1.10. The smallest absolute Gasteiger partial charge is 0.0723 e. The average molecular weight is 184 g/mol. The van der Waals surface area contributed by atoms with E-state index in [1.54, 1.807) is 0 Å². The fraction of sp³-hybridized carbons (Fsp3) is 0.250. The number of rotatable bonds is 0. The Bertz CT molecular complexity index is 526. The monoisotopic (exact) mass is 184 g/mol. The van der Waals surface area contributed by atoms with Crippen molar-refractivity contribution in [2.24, 2.45) is 4.99 Å². The number of benzene rings is 1. The lowest BCUT2D eigenvalue weighted by atomic mass is 10.1. The zero-order valence-corrected chi connectivity index (χ0v) is 8.20. The zero-order valence-electron chi connectivity index (χ0n) is 8.20. The maximum atomic E-state index is 4.32. The maximum absolute atomic E-state index is 4.32. The van der Waals surface area contributed by atoms with Gasteiger partial charge in [-0.2, -0.15) is 0 Å². The predicted molar refractivity (Wildman–Crippen MR) is 58.6 cm³/mol. The van der Waals surface area contributed by atoms with Crippen LogP contribution >= 0.6 is 0 Å². The molecule has 0 atom stereocenters. The van der Waals surface area contributed by atoms with Crippen LogP contribution in [0.4, 0.5) is 5.69 Å². The highest BCUT2D eigenvalue weighted by molar-refractivity contribution is 5.71. The highest BCUT2D eigenvalue weighted by Crippen LogP contribution is 2.18. The van der Waals surface area contributed by atoms with E-state index in [4.69, 9.17) is 0 Å². The number of fused-ring (bicyclic) bond motifs is 3. The number of anilines is 1. The average Bonchev–Trinajstić information content (AvgIpc) is 2.65. The van der Waals surface area contributed by atoms with E-state index in [0.29, 0.717) is 0 Å². The summed E-state index contributed by atoms with van der Waals surface area (Å²) >= 11 is 0. The molecule has 2 nitrogen and oxygen atoms in total. The second-order valence-electron chi connectivity index (χ2n) is 3.80. The molecule has 2 aliphatic heterocycles. The van der Waals surface area contributed by atoms with Crippen molar-refractivity contribution < 1.29 is 0 Å². The minimum atomic E-state index is 1.10. The van der Waals surface area contributed by atoms with Crippen molar-refractivity contribution in [1.82, 2.24) is 0 Å². The quantitative estimate of drug-likeness (QED) is 0.585. The van der Waals surface area contributed by atoms with Crippen molar-refractivity contribution in [2.75, 3.05) is 18.5 Å². The molecule has 0 saturated carbocycles. The summed E-state index contributed by atoms with van der Waals surface area (Å²) in [6.07, 6.45) is 7.43. The SMILES string of the molecule is CN1CCC=c2ccc3c(c21)C=CN=3. The van der Waals surface area contributed by atoms with E-state index in [1.165, 1.54) is 16.5 Å². The first kappa shape index (κ1) is 7.80. The third kappa shape index (κ3) is 0.939. The van der Waals surface area contributed by atoms with Crippen LogP contribution in [-0.4, -0.2) is 13.6 Å². The molecule has 0 N–H and O–H groups in total. The maximum Gasteiger partial charge on any atom is 0.0723 e. The van der Waals surface area contributed by atoms with Crippen molar-refractivity contribution in [3.63, 3.8) is 0 Å². The first-order valence-electron chi connectivity index (χ1n) is 4.95. The van der Waals surface area contributed by atoms with Gasteiger partial charge in [0, 0.05) is 25.4 Å². The van der Waals surface area contributed by atoms with Crippen molar-refractivity contribution >= 4 is 17.8 Å². The molecule has 3 rings (SSSR count). The highest BCUT2D eigenvalue weighted by Gasteiger charge is 2.13. The Labute approximate surface area is 82.9 Å². The molecule has 0 aliphatic carbocycles. The summed E-state index contributed by atoms with van der Waals surface area (Å²) in [6.45, 7) is 1.11. The van der Waals surface area contributed by atoms with E-state index >= 15 is 0 Å². The van der Waals surface area contributed by atoms with Crippen LogP contribution in [0.3, 0.4) is 0 Å². The van der Waals surface area contributed by atoms with E-state index in [-0.39, 0.29) is 0 Å². The van der Waals surface area contributed by atoms with Crippen molar-refractivity contribution in [2.45, 2.75) is 6.42 Å². The molecule has 1 aromatic carbocycles. The Kier molecular flexibility index (Phi) is 1.51. The largest absolute Gasteiger partial charge is 0.373 e. The van der Waals surface area contributed by atoms with Gasteiger partial charge in [-0.05, 0) is 23.8 Å². The van der Waals surface area contributed by atoms with E-state index in [9.17, 15) is 0 Å². The van der Waals surface area contributed by atoms with Gasteiger partial charge in [-0.3, -0.25) is 4.99 Å². The van der Waals surface area contributed by atoms with Gasteiger partial charge in [0.15, 0.2) is 0 Å². The first-order valence-corrected chi connectivity index (χ1v) is 4.95. The fourth-order valence-corrected chi connectivity index (χ4v) is 2.20. The first-order chi connectivity index (χ1) is 6.86. The molecule has 0 aromatic heterocycles. The molecular formula is C12H12N2. The van der Waals surface area contributed by atoms with Crippen LogP contribution < -0.4 is 15.5 Å². The molecule has 2 heterocycles. The Morgan fingerprint density at radius 3 is 3.21 bits per heavy atom. The van der Waals surface area contributed by atoms with Crippen LogP contribution in [0.5, 0.6) is 0 Å². The van der Waals surface area contributed by atoms with Crippen molar-refractivity contribution in [3.05, 3.63) is 34.5 Å². The standard InChI is InChI=1S/C12H12N2/c1-14-8-2-3-9-4-5-11-10(12(9)14)6-7-13-11/h3-7H,2,8H2,1H3. The topological polar surface area (TPSA) is 15.6 Å². The molecule has 2 aliphatic rings. The molecule has 70 valence electrons. The normalized spacial score (nSPS) is 17.1. The van der Waals surface area contributed by atoms with Gasteiger partial charge >= 0.3 is 0 Å². The molecular weight excluding hydrogens is 172 g/mol. The molecule has 14 heavy (non-hydrogen) atoms. The summed E-state index contributed by atoms with van der Waals surface area (Å²) in [7, 11) is 2.15. The summed E-state index contributed by atoms with van der Waals surface area (Å²) in [6, 6.07) is 4.27. The van der Waals surface area contributed by atoms with Crippen LogP contribution in [-0.2, 0) is 0 Å². The second kappa shape index (κ2) is 2.71. The molecule has 0 amide bonds. The molecule has 0 bridgehead atoms. The summed E-state index contributed by atoms with van der Waals surface area (Å²) in [5.41, 5.74) is 2.62. The number of hydrogen-bond donors (Lipinski definition) is 0. The van der Waals surface area contributed by atoms with Gasteiger partial charge in [-0.1, -0.05) is 12.1 Å². The van der Waals surface area contributed by atoms with Gasteiger partial charge in [0.05, 0.1) is 11.0 Å². The minimum Gasteiger partial charge on any atom is -0.373 e. The zero-order chi connectivity index (χ0) is 9.54. The van der Waals surface area contributed by atoms with Crippen molar-refractivity contribution in [1.29, 1.82) is 0 Å². The molecule has 0 saturated heterocycles. The van der Waals surface area contributed by atoms with E-state index in [2.05, 4.69) is 41.2 Å². The molecule has 0 unspecified atom stereocenters. The predicted octanol–water partition coefficient (Wildman–Crippen LogP) is 0.911. The van der Waals surface area contributed by atoms with Crippen LogP contribution in [0.25, 0.3) is 12.2 Å². The molecule has 0 spiro atoms. The third-order valence-electron chi connectivity index (χ3n) is 2.89. The van der Waals surface area contributed by atoms with Gasteiger partial charge < -0.3 is 4.90 Å². The van der Waals surface area contributed by atoms with Gasteiger partial charge in [0.1, 0.15) is 0 Å². The molecule has 2 heteroatoms. The van der Waals surface area contributed by atoms with Crippen LogP contribution in [0, 0.1) is 0 Å². The Balaban J connectivity index is 2.43. The van der Waals surface area contributed by atoms with Crippen molar-refractivity contribution in [3.8, 4) is 0 Å². The number of nitrogens with zero attached hydrogens (tertiary/aromatic N) is 2. The molecule has 1 aromatic rings. The van der Waals surface area contributed by atoms with Crippen LogP contribution in [0.15, 0.2) is 23.3 Å². The fourth-order valence-electron chi connectivity index (χ4n) is 2.20. The van der Waals surface area contributed by atoms with E-state index in [1.807, 2.05) is 6.20 Å². The second-order valence-corrected chi connectivity index (χ2v) is 3.80. The summed E-state index contributed by atoms with van der Waals surface area (Å²) < 4.78 is 0. The van der Waals surface area contributed by atoms with E-state index < -0.39 is 0 Å². The Morgan fingerprint density at radius 2 is 2.29 bits per heavy atom. The van der Waals surface area contributed by atoms with Crippen LogP contribution in [0.2, 0.25) is 0 Å². The molecule has 0 radical (unpaired) electrons. The lowest BCUT2D eigenvalue weighted by molar-refractivity contribution is 0.892. The van der Waals surface area contributed by atoms with Gasteiger partial charge in [0.25, 0.3) is 0 Å². The number of hydrogen-bond acceptors (Lipinski definition) is 2. The van der Waals surface area contributed by atoms with Gasteiger partial charge in [0.2, 0.25) is 0 Å². The van der Waals surface area contributed by atoms with Crippen LogP contribution in [0.1, 0.15) is 12.0 Å². The summed E-state index contributed by atoms with van der Waals surface area (Å²) in [4.78, 5) is 6.64. The van der Waals surface area contributed by atoms with Gasteiger partial charge in [-0.15, -0.1) is 0 Å². The molecule has 0 fully saturated rings. The highest BCUT2D eigenvalue weighted by atomic mass is 15.1. The summed E-state index contributed by atoms with van der Waals surface area (Å²) in [5, 5.41) is 2.45. The lowest BCUT2D eigenvalue weighted by Crippen LogP contribution is -2.31.